The third kappa shape index (κ3) is 24.2. The minimum atomic E-state index is -0.927. The first kappa shape index (κ1) is 35.8. The van der Waals surface area contributed by atoms with Crippen molar-refractivity contribution in [2.75, 3.05) is 6.54 Å². The average Bonchev–Trinajstić information content (AvgIpc) is 2.85. The molecule has 0 aliphatic heterocycles. The summed E-state index contributed by atoms with van der Waals surface area (Å²) in [6.45, 7) is 15.1. The molecule has 0 aromatic heterocycles. The van der Waals surface area contributed by atoms with Crippen LogP contribution in [0.25, 0.3) is 5.57 Å². The Bertz CT molecular complexity index is 921. The second-order valence-electron chi connectivity index (χ2n) is 8.05. The number of nitrogens with zero attached hydrogens (tertiary/aromatic N) is 1. The van der Waals surface area contributed by atoms with E-state index in [-0.39, 0.29) is 11.8 Å². The largest absolute Gasteiger partial charge is 0.513 e. The normalized spacial score (nSPS) is 14.0. The predicted molar refractivity (Wildman–Crippen MR) is 162 cm³/mol. The Hall–Kier alpha value is -3.31. The third-order valence-corrected chi connectivity index (χ3v) is 4.57. The second kappa shape index (κ2) is 24.4. The molecular formula is C31H45ClN2O3. The van der Waals surface area contributed by atoms with E-state index in [1.807, 2.05) is 32.1 Å². The molecule has 2 atom stereocenters. The topological polar surface area (TPSA) is 81.9 Å². The summed E-state index contributed by atoms with van der Waals surface area (Å²) in [4.78, 5) is 14.4. The summed E-state index contributed by atoms with van der Waals surface area (Å²) in [7, 11) is 0. The summed E-state index contributed by atoms with van der Waals surface area (Å²) < 4.78 is 0. The number of nitrogens with one attached hydrogen (secondary N) is 1. The molecule has 0 spiro atoms. The van der Waals surface area contributed by atoms with E-state index in [2.05, 4.69) is 85.4 Å². The zero-order chi connectivity index (χ0) is 28.5. The van der Waals surface area contributed by atoms with Gasteiger partial charge in [-0.25, -0.2) is 0 Å². The summed E-state index contributed by atoms with van der Waals surface area (Å²) in [5, 5.41) is 20.8. The van der Waals surface area contributed by atoms with Crippen LogP contribution in [0.1, 0.15) is 59.9 Å². The summed E-state index contributed by atoms with van der Waals surface area (Å²) in [5.41, 5.74) is 2.48. The van der Waals surface area contributed by atoms with Gasteiger partial charge in [-0.05, 0) is 70.7 Å². The van der Waals surface area contributed by atoms with Crippen LogP contribution < -0.4 is 5.32 Å². The number of rotatable bonds is 12. The molecule has 0 aliphatic carbocycles. The third-order valence-electron chi connectivity index (χ3n) is 4.44. The van der Waals surface area contributed by atoms with Gasteiger partial charge in [0.05, 0.1) is 24.6 Å². The summed E-state index contributed by atoms with van der Waals surface area (Å²) in [6.07, 6.45) is 19.5. The van der Waals surface area contributed by atoms with Crippen LogP contribution in [0.5, 0.6) is 0 Å². The number of halogens is 1. The predicted octanol–water partition coefficient (Wildman–Crippen LogP) is 8.49. The Morgan fingerprint density at radius 1 is 1.11 bits per heavy atom. The van der Waals surface area contributed by atoms with Crippen LogP contribution in [0.15, 0.2) is 101 Å². The highest BCUT2D eigenvalue weighted by atomic mass is 35.5. The molecule has 0 heterocycles. The fourth-order valence-corrected chi connectivity index (χ4v) is 2.73. The minimum absolute atomic E-state index is 0.0462. The Kier molecular flexibility index (Phi) is 23.6. The van der Waals surface area contributed by atoms with E-state index in [1.54, 1.807) is 6.34 Å². The standard InChI is InChI=1S/C21H27ClN2.C6H10O3.C4H8/c1-4-20(21-13-9-7-10-14-21)12-8-5-6-11-15-23-17-24-19(3)16-18(2)22;1-4(6(8)9)3-5(2)7;1-3-4-2/h4,6-14,16-17,19H,5,15H2,1-3H3,(H,23,24);3-4,7H,1-2H3,(H,8,9);3H,1,4H2,2H3/b11-6+,12-8-,18-16+,20-4+;5-3+;. The number of aliphatic imine (C=N–C) groups is 1. The van der Waals surface area contributed by atoms with Crippen LogP contribution in [0.3, 0.4) is 0 Å². The second-order valence-corrected chi connectivity index (χ2v) is 8.65. The van der Waals surface area contributed by atoms with Gasteiger partial charge in [-0.15, -0.1) is 6.58 Å². The number of hydrogen-bond acceptors (Lipinski definition) is 3. The quantitative estimate of drug-likeness (QED) is 0.0834. The lowest BCUT2D eigenvalue weighted by Crippen LogP contribution is -2.22. The van der Waals surface area contributed by atoms with E-state index in [4.69, 9.17) is 21.8 Å². The molecule has 0 saturated heterocycles. The highest BCUT2D eigenvalue weighted by Crippen LogP contribution is 2.15. The van der Waals surface area contributed by atoms with Crippen LogP contribution in [-0.4, -0.2) is 35.1 Å². The molecule has 6 heteroatoms. The highest BCUT2D eigenvalue weighted by Gasteiger charge is 2.06. The minimum Gasteiger partial charge on any atom is -0.513 e. The molecule has 1 aromatic rings. The van der Waals surface area contributed by atoms with Crippen molar-refractivity contribution in [1.29, 1.82) is 0 Å². The Labute approximate surface area is 229 Å². The molecule has 1 aromatic carbocycles. The Balaban J connectivity index is 0. The number of carbonyl (C=O) groups is 1. The van der Waals surface area contributed by atoms with Gasteiger partial charge in [0.15, 0.2) is 0 Å². The van der Waals surface area contributed by atoms with Crippen LogP contribution in [0, 0.1) is 5.92 Å². The summed E-state index contributed by atoms with van der Waals surface area (Å²) in [6, 6.07) is 10.6. The fraction of sp³-hybridized carbons (Fsp3) is 0.355. The zero-order valence-electron chi connectivity index (χ0n) is 23.2. The van der Waals surface area contributed by atoms with Crippen molar-refractivity contribution in [3.8, 4) is 0 Å². The van der Waals surface area contributed by atoms with Gasteiger partial charge >= 0.3 is 5.97 Å². The maximum absolute atomic E-state index is 10.1. The van der Waals surface area contributed by atoms with Crippen molar-refractivity contribution >= 4 is 29.5 Å². The van der Waals surface area contributed by atoms with Crippen molar-refractivity contribution in [2.45, 2.75) is 60.4 Å². The monoisotopic (exact) mass is 528 g/mol. The van der Waals surface area contributed by atoms with Crippen molar-refractivity contribution in [3.05, 3.63) is 102 Å². The van der Waals surface area contributed by atoms with Crippen molar-refractivity contribution in [3.63, 3.8) is 0 Å². The first-order chi connectivity index (χ1) is 17.6. The van der Waals surface area contributed by atoms with Gasteiger partial charge < -0.3 is 15.5 Å². The fourth-order valence-electron chi connectivity index (χ4n) is 2.54. The molecule has 204 valence electrons. The molecule has 0 bridgehead atoms. The number of aliphatic hydroxyl groups excluding tert-OH is 1. The lowest BCUT2D eigenvalue weighted by molar-refractivity contribution is -0.139. The molecule has 0 saturated carbocycles. The van der Waals surface area contributed by atoms with E-state index < -0.39 is 11.9 Å². The van der Waals surface area contributed by atoms with E-state index >= 15 is 0 Å². The van der Waals surface area contributed by atoms with Gasteiger partial charge in [-0.3, -0.25) is 9.79 Å². The molecule has 0 fully saturated rings. The number of carboxylic acids is 1. The molecule has 2 unspecified atom stereocenters. The van der Waals surface area contributed by atoms with Crippen LogP contribution in [0.4, 0.5) is 0 Å². The SMILES string of the molecule is C/C(O)=C\C(C)C(=O)O.C/C=C(\C=C/C/C=C/CN=CNC(C)/C=C(\C)Cl)c1ccccc1.C=CCC. The van der Waals surface area contributed by atoms with Crippen molar-refractivity contribution < 1.29 is 15.0 Å². The van der Waals surface area contributed by atoms with Gasteiger partial charge in [0, 0.05) is 11.1 Å². The van der Waals surface area contributed by atoms with E-state index in [0.29, 0.717) is 6.54 Å². The summed E-state index contributed by atoms with van der Waals surface area (Å²) >= 11 is 5.81. The summed E-state index contributed by atoms with van der Waals surface area (Å²) in [5.74, 6) is -1.48. The van der Waals surface area contributed by atoms with Gasteiger partial charge in [-0.2, -0.15) is 0 Å². The van der Waals surface area contributed by atoms with E-state index in [0.717, 1.165) is 17.9 Å². The lowest BCUT2D eigenvalue weighted by Gasteiger charge is -2.04. The molecule has 5 nitrogen and oxygen atoms in total. The zero-order valence-corrected chi connectivity index (χ0v) is 23.9. The van der Waals surface area contributed by atoms with Gasteiger partial charge in [0.1, 0.15) is 0 Å². The van der Waals surface area contributed by atoms with E-state index in [9.17, 15) is 4.79 Å². The van der Waals surface area contributed by atoms with Gasteiger partial charge in [0.2, 0.25) is 0 Å². The number of aliphatic hydroxyl groups is 1. The number of allylic oxidation sites excluding steroid dienone is 8. The number of benzene rings is 1. The van der Waals surface area contributed by atoms with E-state index in [1.165, 1.54) is 31.1 Å². The molecule has 0 aliphatic rings. The van der Waals surface area contributed by atoms with Crippen LogP contribution in [-0.2, 0) is 4.79 Å². The number of aliphatic carboxylic acids is 1. The number of carboxylic acid groups (broad SMARTS) is 1. The maximum Gasteiger partial charge on any atom is 0.310 e. The molecule has 37 heavy (non-hydrogen) atoms. The first-order valence-electron chi connectivity index (χ1n) is 12.4. The molecule has 0 radical (unpaired) electrons. The lowest BCUT2D eigenvalue weighted by atomic mass is 10.1. The number of hydrogen-bond donors (Lipinski definition) is 3. The Morgan fingerprint density at radius 3 is 2.19 bits per heavy atom. The smallest absolute Gasteiger partial charge is 0.310 e. The molecule has 1 rings (SSSR count). The molecule has 0 amide bonds. The van der Waals surface area contributed by atoms with Gasteiger partial charge in [0.25, 0.3) is 0 Å². The molecule has 3 N–H and O–H groups in total. The van der Waals surface area contributed by atoms with Crippen molar-refractivity contribution in [2.24, 2.45) is 10.9 Å². The average molecular weight is 529 g/mol. The highest BCUT2D eigenvalue weighted by molar-refractivity contribution is 6.29. The van der Waals surface area contributed by atoms with Gasteiger partial charge in [-0.1, -0.05) is 85.3 Å². The Morgan fingerprint density at radius 2 is 1.73 bits per heavy atom. The first-order valence-corrected chi connectivity index (χ1v) is 12.8. The van der Waals surface area contributed by atoms with Crippen molar-refractivity contribution in [1.82, 2.24) is 5.32 Å². The maximum atomic E-state index is 10.1. The van der Waals surface area contributed by atoms with Crippen LogP contribution >= 0.6 is 11.6 Å². The molecular weight excluding hydrogens is 484 g/mol. The van der Waals surface area contributed by atoms with Crippen LogP contribution in [0.2, 0.25) is 0 Å².